The van der Waals surface area contributed by atoms with E-state index in [1.54, 1.807) is 29.2 Å². The lowest BCUT2D eigenvalue weighted by atomic mass is 10.0. The number of ether oxygens (including phenoxy) is 1. The summed E-state index contributed by atoms with van der Waals surface area (Å²) in [7, 11) is 1.66. The molecule has 186 valence electrons. The number of nitrogen functional groups attached to an aromatic ring is 1. The number of carbonyl (C=O) groups excluding carboxylic acids is 1. The van der Waals surface area contributed by atoms with Gasteiger partial charge in [-0.1, -0.05) is 6.07 Å². The number of aromatic nitrogens is 4. The van der Waals surface area contributed by atoms with E-state index in [9.17, 15) is 4.79 Å². The van der Waals surface area contributed by atoms with Crippen molar-refractivity contribution >= 4 is 51.1 Å². The molecular weight excluding hydrogens is 502 g/mol. The molecule has 0 spiro atoms. The number of hydrogen-bond donors (Lipinski definition) is 2. The van der Waals surface area contributed by atoms with Crippen LogP contribution in [0.15, 0.2) is 41.5 Å². The van der Waals surface area contributed by atoms with Crippen molar-refractivity contribution < 1.29 is 13.9 Å². The molecule has 36 heavy (non-hydrogen) atoms. The number of benzene rings is 1. The molecular formula is C24H24ClN7O3S. The van der Waals surface area contributed by atoms with Gasteiger partial charge < -0.3 is 25.1 Å². The second-order valence-electron chi connectivity index (χ2n) is 8.41. The van der Waals surface area contributed by atoms with Crippen LogP contribution in [0.3, 0.4) is 0 Å². The number of thiophene rings is 1. The van der Waals surface area contributed by atoms with Gasteiger partial charge in [-0.05, 0) is 30.0 Å². The first kappa shape index (κ1) is 24.0. The number of methoxy groups -OCH3 is 1. The van der Waals surface area contributed by atoms with Crippen LogP contribution in [0.5, 0.6) is 5.75 Å². The fourth-order valence-corrected chi connectivity index (χ4v) is 5.87. The third-order valence-corrected chi connectivity index (χ3v) is 7.42. The SMILES string of the molecule is COc1cc(C)cc2cc(-c3c(-c4cnco4)c(C(=O)N4CCNCC4)n4ncnc(N)c34)sc12.Cl. The highest BCUT2D eigenvalue weighted by Crippen LogP contribution is 2.47. The number of oxazole rings is 1. The van der Waals surface area contributed by atoms with Crippen LogP contribution in [0.1, 0.15) is 16.1 Å². The van der Waals surface area contributed by atoms with Gasteiger partial charge in [-0.15, -0.1) is 23.7 Å². The number of rotatable bonds is 4. The average Bonchev–Trinajstić information content (AvgIpc) is 3.60. The number of piperazine rings is 1. The Kier molecular flexibility index (Phi) is 6.29. The van der Waals surface area contributed by atoms with Gasteiger partial charge in [0.25, 0.3) is 5.91 Å². The van der Waals surface area contributed by atoms with Crippen LogP contribution in [-0.2, 0) is 0 Å². The first-order valence-electron chi connectivity index (χ1n) is 11.2. The van der Waals surface area contributed by atoms with Crippen molar-refractivity contribution in [2.75, 3.05) is 39.0 Å². The zero-order chi connectivity index (χ0) is 24.1. The topological polar surface area (TPSA) is 124 Å². The molecule has 10 nitrogen and oxygen atoms in total. The average molecular weight is 526 g/mol. The summed E-state index contributed by atoms with van der Waals surface area (Å²) in [6, 6.07) is 6.20. The predicted octanol–water partition coefficient (Wildman–Crippen LogP) is 3.63. The van der Waals surface area contributed by atoms with E-state index in [-0.39, 0.29) is 24.1 Å². The summed E-state index contributed by atoms with van der Waals surface area (Å²) < 4.78 is 14.0. The third kappa shape index (κ3) is 3.76. The van der Waals surface area contributed by atoms with Crippen molar-refractivity contribution in [2.24, 2.45) is 0 Å². The third-order valence-electron chi connectivity index (χ3n) is 6.23. The molecule has 1 aromatic carbocycles. The van der Waals surface area contributed by atoms with E-state index in [2.05, 4.69) is 32.5 Å². The van der Waals surface area contributed by atoms with Crippen LogP contribution in [0.25, 0.3) is 37.4 Å². The molecule has 1 aliphatic heterocycles. The summed E-state index contributed by atoms with van der Waals surface area (Å²) >= 11 is 1.56. The fourth-order valence-electron chi connectivity index (χ4n) is 4.69. The van der Waals surface area contributed by atoms with Crippen molar-refractivity contribution in [3.05, 3.63) is 48.4 Å². The fraction of sp³-hybridized carbons (Fsp3) is 0.250. The van der Waals surface area contributed by atoms with Gasteiger partial charge in [0.15, 0.2) is 18.0 Å². The molecule has 1 saturated heterocycles. The van der Waals surface area contributed by atoms with Gasteiger partial charge in [-0.3, -0.25) is 4.79 Å². The number of amides is 1. The van der Waals surface area contributed by atoms with E-state index >= 15 is 0 Å². The predicted molar refractivity (Wildman–Crippen MR) is 141 cm³/mol. The quantitative estimate of drug-likeness (QED) is 0.364. The highest BCUT2D eigenvalue weighted by molar-refractivity contribution is 7.22. The van der Waals surface area contributed by atoms with Crippen molar-refractivity contribution in [1.82, 2.24) is 29.8 Å². The molecule has 0 unspecified atom stereocenters. The van der Waals surface area contributed by atoms with Crippen molar-refractivity contribution in [3.63, 3.8) is 0 Å². The summed E-state index contributed by atoms with van der Waals surface area (Å²) in [5.41, 5.74) is 9.77. The van der Waals surface area contributed by atoms with E-state index in [0.717, 1.165) is 44.9 Å². The Labute approximate surface area is 216 Å². The number of halogens is 1. The standard InChI is InChI=1S/C24H23N7O3S.ClH/c1-13-7-14-9-17(35-22(14)15(8-13)33-2)19-18(16-10-27-12-34-16)21(24(32)30-5-3-26-4-6-30)31-20(19)23(25)28-11-29-31;/h7-12,26H,3-6H2,1-2H3,(H2,25,28,29);1H. The number of nitrogens with one attached hydrogen (secondary N) is 1. The van der Waals surface area contributed by atoms with Crippen LogP contribution in [0.4, 0.5) is 5.82 Å². The van der Waals surface area contributed by atoms with Crippen LogP contribution in [0.2, 0.25) is 0 Å². The lowest BCUT2D eigenvalue weighted by Crippen LogP contribution is -2.46. The van der Waals surface area contributed by atoms with Gasteiger partial charge in [0, 0.05) is 36.6 Å². The number of fused-ring (bicyclic) bond motifs is 2. The van der Waals surface area contributed by atoms with Crippen LogP contribution in [0, 0.1) is 6.92 Å². The monoisotopic (exact) mass is 525 g/mol. The van der Waals surface area contributed by atoms with E-state index in [0.29, 0.717) is 35.6 Å². The molecule has 0 aliphatic carbocycles. The molecule has 1 amide bonds. The first-order valence-corrected chi connectivity index (χ1v) is 12.0. The maximum absolute atomic E-state index is 13.9. The minimum Gasteiger partial charge on any atom is -0.495 e. The lowest BCUT2D eigenvalue weighted by Gasteiger charge is -2.27. The first-order chi connectivity index (χ1) is 17.1. The summed E-state index contributed by atoms with van der Waals surface area (Å²) in [5, 5.41) is 8.78. The lowest BCUT2D eigenvalue weighted by molar-refractivity contribution is 0.0728. The van der Waals surface area contributed by atoms with Crippen LogP contribution < -0.4 is 15.8 Å². The van der Waals surface area contributed by atoms with Gasteiger partial charge in [0.2, 0.25) is 0 Å². The largest absolute Gasteiger partial charge is 0.495 e. The molecule has 5 heterocycles. The summed E-state index contributed by atoms with van der Waals surface area (Å²) in [6.07, 6.45) is 4.32. The molecule has 12 heteroatoms. The van der Waals surface area contributed by atoms with E-state index in [4.69, 9.17) is 14.9 Å². The van der Waals surface area contributed by atoms with Crippen molar-refractivity contribution in [2.45, 2.75) is 6.92 Å². The molecule has 4 aromatic heterocycles. The van der Waals surface area contributed by atoms with E-state index in [1.165, 1.54) is 12.7 Å². The highest BCUT2D eigenvalue weighted by atomic mass is 35.5. The summed E-state index contributed by atoms with van der Waals surface area (Å²) in [5.74, 6) is 1.38. The second-order valence-corrected chi connectivity index (χ2v) is 9.46. The van der Waals surface area contributed by atoms with Crippen LogP contribution in [-0.4, -0.2) is 63.7 Å². The zero-order valence-corrected chi connectivity index (χ0v) is 21.3. The Morgan fingerprint density at radius 2 is 2.03 bits per heavy atom. The zero-order valence-electron chi connectivity index (χ0n) is 19.6. The van der Waals surface area contributed by atoms with Crippen molar-refractivity contribution in [1.29, 1.82) is 0 Å². The molecule has 1 fully saturated rings. The normalized spacial score (nSPS) is 13.8. The molecule has 3 N–H and O–H groups in total. The Balaban J connectivity index is 0.00000267. The minimum atomic E-state index is -0.146. The molecule has 0 atom stereocenters. The maximum atomic E-state index is 13.9. The van der Waals surface area contributed by atoms with Crippen molar-refractivity contribution in [3.8, 4) is 27.5 Å². The van der Waals surface area contributed by atoms with Gasteiger partial charge >= 0.3 is 0 Å². The number of nitrogens with two attached hydrogens (primary N) is 1. The van der Waals surface area contributed by atoms with E-state index < -0.39 is 0 Å². The van der Waals surface area contributed by atoms with Gasteiger partial charge in [-0.2, -0.15) is 5.10 Å². The van der Waals surface area contributed by atoms with Gasteiger partial charge in [-0.25, -0.2) is 14.5 Å². The Hall–Kier alpha value is -3.67. The maximum Gasteiger partial charge on any atom is 0.273 e. The Morgan fingerprint density at radius 3 is 2.75 bits per heavy atom. The smallest absolute Gasteiger partial charge is 0.273 e. The Morgan fingerprint density at radius 1 is 1.22 bits per heavy atom. The molecule has 0 radical (unpaired) electrons. The number of hydrogen-bond acceptors (Lipinski definition) is 9. The molecule has 0 bridgehead atoms. The molecule has 6 rings (SSSR count). The van der Waals surface area contributed by atoms with Gasteiger partial charge in [0.1, 0.15) is 23.3 Å². The second kappa shape index (κ2) is 9.41. The Bertz CT molecular complexity index is 1570. The summed E-state index contributed by atoms with van der Waals surface area (Å²) in [6.45, 7) is 4.68. The van der Waals surface area contributed by atoms with Gasteiger partial charge in [0.05, 0.1) is 23.6 Å². The molecule has 0 saturated carbocycles. The number of aryl methyl sites for hydroxylation is 1. The number of nitrogens with zero attached hydrogens (tertiary/aromatic N) is 5. The highest BCUT2D eigenvalue weighted by Gasteiger charge is 2.33. The molecule has 1 aliphatic rings. The van der Waals surface area contributed by atoms with Crippen LogP contribution >= 0.6 is 23.7 Å². The molecule has 5 aromatic rings. The number of anilines is 1. The minimum absolute atomic E-state index is 0. The number of carbonyl (C=O) groups is 1. The summed E-state index contributed by atoms with van der Waals surface area (Å²) in [4.78, 5) is 25.0. The van der Waals surface area contributed by atoms with E-state index in [1.807, 2.05) is 17.9 Å².